The van der Waals surface area contributed by atoms with Gasteiger partial charge in [-0.05, 0) is 66.6 Å². The van der Waals surface area contributed by atoms with Crippen molar-refractivity contribution in [2.24, 2.45) is 0 Å². The first kappa shape index (κ1) is 23.7. The van der Waals surface area contributed by atoms with E-state index in [9.17, 15) is 9.59 Å². The summed E-state index contributed by atoms with van der Waals surface area (Å²) in [6, 6.07) is 10.3. The van der Waals surface area contributed by atoms with Crippen LogP contribution in [0.15, 0.2) is 59.6 Å². The van der Waals surface area contributed by atoms with Crippen molar-refractivity contribution in [2.75, 3.05) is 0 Å². The van der Waals surface area contributed by atoms with Gasteiger partial charge >= 0.3 is 0 Å². The summed E-state index contributed by atoms with van der Waals surface area (Å²) in [5.41, 5.74) is 0.204. The molecule has 176 valence electrons. The molecular formula is C23H25N7O2S2. The summed E-state index contributed by atoms with van der Waals surface area (Å²) < 4.78 is 0. The maximum atomic E-state index is 13.6. The van der Waals surface area contributed by atoms with E-state index in [1.165, 1.54) is 27.5 Å². The summed E-state index contributed by atoms with van der Waals surface area (Å²) in [7, 11) is 0. The monoisotopic (exact) mass is 495 g/mol. The van der Waals surface area contributed by atoms with E-state index in [2.05, 4.69) is 25.7 Å². The summed E-state index contributed by atoms with van der Waals surface area (Å²) in [6.45, 7) is 5.85. The molecule has 4 aromatic heterocycles. The molecule has 4 rings (SSSR count). The predicted molar refractivity (Wildman–Crippen MR) is 131 cm³/mol. The van der Waals surface area contributed by atoms with Crippen LogP contribution in [0.25, 0.3) is 10.7 Å². The number of thiophene rings is 2. The predicted octanol–water partition coefficient (Wildman–Crippen LogP) is 3.54. The van der Waals surface area contributed by atoms with E-state index in [1.807, 2.05) is 55.8 Å². The van der Waals surface area contributed by atoms with Crippen LogP contribution in [0.3, 0.4) is 0 Å². The SMILES string of the molecule is CC(C)(C)NC(=O)[C@@H](c1ccncc1)N(Cc1cccs1)C(=O)Cn1nnc(-c2cccs2)n1. The second-order valence-corrected chi connectivity index (χ2v) is 10.6. The molecule has 11 heteroatoms. The summed E-state index contributed by atoms with van der Waals surface area (Å²) in [5, 5.41) is 19.4. The number of tetrazole rings is 1. The number of hydrogen-bond acceptors (Lipinski definition) is 8. The molecule has 2 amide bonds. The van der Waals surface area contributed by atoms with Crippen molar-refractivity contribution >= 4 is 34.5 Å². The number of nitrogens with one attached hydrogen (secondary N) is 1. The molecule has 0 unspecified atom stereocenters. The molecule has 4 heterocycles. The van der Waals surface area contributed by atoms with Crippen molar-refractivity contribution in [3.63, 3.8) is 0 Å². The van der Waals surface area contributed by atoms with Crippen molar-refractivity contribution in [1.29, 1.82) is 0 Å². The minimum absolute atomic E-state index is 0.145. The highest BCUT2D eigenvalue weighted by Gasteiger charge is 2.34. The van der Waals surface area contributed by atoms with Gasteiger partial charge in [-0.3, -0.25) is 14.6 Å². The third-order valence-electron chi connectivity index (χ3n) is 4.78. The Labute approximate surface area is 205 Å². The molecule has 0 bridgehead atoms. The zero-order valence-electron chi connectivity index (χ0n) is 19.1. The standard InChI is InChI=1S/C23H25N7O2S2/c1-23(2,3)25-22(32)20(16-8-10-24-11-9-16)29(14-17-6-4-12-33-17)19(31)15-30-27-21(26-28-30)18-7-5-13-34-18/h4-13,20H,14-15H2,1-3H3,(H,25,32)/t20-/m1/s1. The van der Waals surface area contributed by atoms with Gasteiger partial charge in [0.05, 0.1) is 11.4 Å². The van der Waals surface area contributed by atoms with Crippen LogP contribution in [0, 0.1) is 0 Å². The first-order valence-electron chi connectivity index (χ1n) is 10.7. The molecule has 0 aliphatic heterocycles. The average molecular weight is 496 g/mol. The van der Waals surface area contributed by atoms with Crippen LogP contribution in [-0.2, 0) is 22.7 Å². The normalized spacial score (nSPS) is 12.3. The number of rotatable bonds is 8. The van der Waals surface area contributed by atoms with Crippen LogP contribution < -0.4 is 5.32 Å². The first-order chi connectivity index (χ1) is 16.3. The Kier molecular flexibility index (Phi) is 7.13. The molecule has 4 aromatic rings. The van der Waals surface area contributed by atoms with E-state index in [4.69, 9.17) is 0 Å². The van der Waals surface area contributed by atoms with Crippen LogP contribution in [0.5, 0.6) is 0 Å². The second kappa shape index (κ2) is 10.2. The highest BCUT2D eigenvalue weighted by Crippen LogP contribution is 2.26. The van der Waals surface area contributed by atoms with Crippen LogP contribution in [0.1, 0.15) is 37.3 Å². The molecule has 0 radical (unpaired) electrons. The molecule has 34 heavy (non-hydrogen) atoms. The Balaban J connectivity index is 1.66. The number of aromatic nitrogens is 5. The number of nitrogens with zero attached hydrogens (tertiary/aromatic N) is 6. The minimum atomic E-state index is -0.850. The Bertz CT molecular complexity index is 1220. The van der Waals surface area contributed by atoms with Gasteiger partial charge in [-0.1, -0.05) is 12.1 Å². The van der Waals surface area contributed by atoms with E-state index >= 15 is 0 Å². The third kappa shape index (κ3) is 5.91. The number of carbonyl (C=O) groups excluding carboxylic acids is 2. The summed E-state index contributed by atoms with van der Waals surface area (Å²) in [5.74, 6) is -0.104. The van der Waals surface area contributed by atoms with E-state index in [0.717, 1.165) is 9.75 Å². The van der Waals surface area contributed by atoms with Gasteiger partial charge in [0.25, 0.3) is 0 Å². The highest BCUT2D eigenvalue weighted by atomic mass is 32.1. The fourth-order valence-electron chi connectivity index (χ4n) is 3.38. The average Bonchev–Trinajstić information content (AvgIpc) is 3.55. The molecule has 0 spiro atoms. The van der Waals surface area contributed by atoms with Gasteiger partial charge in [0.2, 0.25) is 17.6 Å². The molecule has 9 nitrogen and oxygen atoms in total. The van der Waals surface area contributed by atoms with Gasteiger partial charge < -0.3 is 10.2 Å². The smallest absolute Gasteiger partial charge is 0.247 e. The molecule has 0 aromatic carbocycles. The van der Waals surface area contributed by atoms with Gasteiger partial charge in [-0.2, -0.15) is 4.80 Å². The van der Waals surface area contributed by atoms with Gasteiger partial charge in [-0.15, -0.1) is 32.9 Å². The van der Waals surface area contributed by atoms with Gasteiger partial charge in [0, 0.05) is 22.8 Å². The molecule has 0 aliphatic rings. The van der Waals surface area contributed by atoms with E-state index in [1.54, 1.807) is 29.4 Å². The molecular weight excluding hydrogens is 470 g/mol. The largest absolute Gasteiger partial charge is 0.349 e. The summed E-state index contributed by atoms with van der Waals surface area (Å²) in [4.78, 5) is 35.8. The maximum Gasteiger partial charge on any atom is 0.247 e. The molecule has 1 N–H and O–H groups in total. The Morgan fingerprint density at radius 3 is 2.47 bits per heavy atom. The van der Waals surface area contributed by atoms with Gasteiger partial charge in [0.1, 0.15) is 12.6 Å². The van der Waals surface area contributed by atoms with Crippen molar-refractivity contribution in [1.82, 2.24) is 35.4 Å². The Hall–Kier alpha value is -3.44. The summed E-state index contributed by atoms with van der Waals surface area (Å²) >= 11 is 3.03. The molecule has 0 saturated carbocycles. The molecule has 0 saturated heterocycles. The molecule has 0 fully saturated rings. The quantitative estimate of drug-likeness (QED) is 0.401. The topological polar surface area (TPSA) is 106 Å². The molecule has 1 atom stereocenters. The van der Waals surface area contributed by atoms with Crippen LogP contribution in [0.2, 0.25) is 0 Å². The van der Waals surface area contributed by atoms with Crippen molar-refractivity contribution in [3.05, 3.63) is 70.0 Å². The van der Waals surface area contributed by atoms with E-state index < -0.39 is 11.6 Å². The lowest BCUT2D eigenvalue weighted by Crippen LogP contribution is -2.49. The Morgan fingerprint density at radius 1 is 1.09 bits per heavy atom. The zero-order valence-corrected chi connectivity index (χ0v) is 20.7. The fraction of sp³-hybridized carbons (Fsp3) is 0.304. The Morgan fingerprint density at radius 2 is 1.82 bits per heavy atom. The fourth-order valence-corrected chi connectivity index (χ4v) is 4.73. The lowest BCUT2D eigenvalue weighted by atomic mass is 10.0. The van der Waals surface area contributed by atoms with Gasteiger partial charge in [0.15, 0.2) is 0 Å². The van der Waals surface area contributed by atoms with E-state index in [-0.39, 0.29) is 24.9 Å². The van der Waals surface area contributed by atoms with Crippen LogP contribution >= 0.6 is 22.7 Å². The minimum Gasteiger partial charge on any atom is -0.349 e. The highest BCUT2D eigenvalue weighted by molar-refractivity contribution is 7.13. The zero-order chi connectivity index (χ0) is 24.1. The number of carbonyl (C=O) groups is 2. The lowest BCUT2D eigenvalue weighted by Gasteiger charge is -2.33. The number of amides is 2. The third-order valence-corrected chi connectivity index (χ3v) is 6.50. The van der Waals surface area contributed by atoms with Crippen LogP contribution in [0.4, 0.5) is 0 Å². The van der Waals surface area contributed by atoms with Crippen LogP contribution in [-0.4, -0.2) is 47.4 Å². The maximum absolute atomic E-state index is 13.6. The number of pyridine rings is 1. The van der Waals surface area contributed by atoms with E-state index in [0.29, 0.717) is 11.4 Å². The lowest BCUT2D eigenvalue weighted by molar-refractivity contribution is -0.143. The second-order valence-electron chi connectivity index (χ2n) is 8.64. The molecule has 0 aliphatic carbocycles. The van der Waals surface area contributed by atoms with Crippen molar-refractivity contribution < 1.29 is 9.59 Å². The first-order valence-corrected chi connectivity index (χ1v) is 12.4. The summed E-state index contributed by atoms with van der Waals surface area (Å²) in [6.07, 6.45) is 3.24. The number of hydrogen-bond donors (Lipinski definition) is 1. The van der Waals surface area contributed by atoms with Crippen molar-refractivity contribution in [2.45, 2.75) is 45.4 Å². The van der Waals surface area contributed by atoms with Crippen molar-refractivity contribution in [3.8, 4) is 10.7 Å². The van der Waals surface area contributed by atoms with Gasteiger partial charge in [-0.25, -0.2) is 0 Å².